The number of hydrogen-bond acceptors (Lipinski definition) is 4. The Labute approximate surface area is 375 Å². The van der Waals surface area contributed by atoms with E-state index in [0.29, 0.717) is 0 Å². The molecule has 1 saturated carbocycles. The van der Waals surface area contributed by atoms with Gasteiger partial charge in [0.15, 0.2) is 5.58 Å². The van der Waals surface area contributed by atoms with E-state index in [1.165, 1.54) is 123 Å². The Balaban J connectivity index is 1.25. The van der Waals surface area contributed by atoms with E-state index in [9.17, 15) is 0 Å². The molecule has 7 aromatic carbocycles. The Morgan fingerprint density at radius 1 is 0.587 bits per heavy atom. The van der Waals surface area contributed by atoms with Gasteiger partial charge in [-0.2, -0.15) is 0 Å². The highest BCUT2D eigenvalue weighted by atomic mass is 32.1. The summed E-state index contributed by atoms with van der Waals surface area (Å²) in [6.07, 6.45) is 4.77. The number of hydrogen-bond donors (Lipinski definition) is 0. The third-order valence-electron chi connectivity index (χ3n) is 16.1. The first kappa shape index (κ1) is 37.8. The summed E-state index contributed by atoms with van der Waals surface area (Å²) in [6.45, 7) is 19.3. The molecule has 5 heteroatoms. The molecule has 0 amide bonds. The van der Waals surface area contributed by atoms with Gasteiger partial charge in [0.25, 0.3) is 0 Å². The number of anilines is 4. The van der Waals surface area contributed by atoms with Gasteiger partial charge < -0.3 is 14.1 Å². The lowest BCUT2D eigenvalue weighted by Gasteiger charge is -2.53. The van der Waals surface area contributed by atoms with Crippen molar-refractivity contribution >= 4 is 94.0 Å². The van der Waals surface area contributed by atoms with Gasteiger partial charge in [0.05, 0.1) is 11.2 Å². The minimum Gasteiger partial charge on any atom is -0.454 e. The van der Waals surface area contributed by atoms with Crippen LogP contribution in [0.5, 0.6) is 0 Å². The summed E-state index contributed by atoms with van der Waals surface area (Å²) in [7, 11) is 0. The molecule has 1 aliphatic carbocycles. The highest BCUT2D eigenvalue weighted by Crippen LogP contribution is 2.64. The zero-order valence-corrected chi connectivity index (χ0v) is 38.6. The minimum absolute atomic E-state index is 0.0231. The summed E-state index contributed by atoms with van der Waals surface area (Å²) in [5.74, 6) is 0. The topological polar surface area (TPSA) is 19.6 Å². The van der Waals surface area contributed by atoms with Gasteiger partial charge in [-0.25, -0.2) is 0 Å². The molecule has 63 heavy (non-hydrogen) atoms. The fourth-order valence-electron chi connectivity index (χ4n) is 12.5. The van der Waals surface area contributed by atoms with Crippen LogP contribution in [0.3, 0.4) is 0 Å². The Kier molecular flexibility index (Phi) is 7.48. The molecule has 13 rings (SSSR count). The van der Waals surface area contributed by atoms with Crippen LogP contribution in [-0.2, 0) is 16.2 Å². The highest BCUT2D eigenvalue weighted by molar-refractivity contribution is 7.25. The summed E-state index contributed by atoms with van der Waals surface area (Å²) in [4.78, 5) is 5.63. The van der Waals surface area contributed by atoms with E-state index >= 15 is 0 Å². The number of benzene rings is 7. The lowest BCUT2D eigenvalue weighted by Crippen LogP contribution is -2.64. The van der Waals surface area contributed by atoms with Crippen molar-refractivity contribution in [3.63, 3.8) is 0 Å². The van der Waals surface area contributed by atoms with Crippen molar-refractivity contribution in [1.29, 1.82) is 0 Å². The van der Waals surface area contributed by atoms with Crippen LogP contribution < -0.4 is 20.6 Å². The number of fused-ring (bicyclic) bond motifs is 14. The molecule has 0 bridgehead atoms. The summed E-state index contributed by atoms with van der Waals surface area (Å²) in [6, 6.07) is 49.0. The van der Waals surface area contributed by atoms with Crippen LogP contribution in [0.4, 0.5) is 22.7 Å². The maximum Gasteiger partial charge on any atom is 0.333 e. The van der Waals surface area contributed by atoms with Crippen molar-refractivity contribution in [3.05, 3.63) is 144 Å². The monoisotopic (exact) mass is 836 g/mol. The van der Waals surface area contributed by atoms with E-state index in [4.69, 9.17) is 4.42 Å². The van der Waals surface area contributed by atoms with Crippen molar-refractivity contribution < 1.29 is 4.42 Å². The largest absolute Gasteiger partial charge is 0.454 e. The van der Waals surface area contributed by atoms with Crippen molar-refractivity contribution in [2.75, 3.05) is 9.71 Å². The standard InChI is InChI=1S/C58H53BN2OS/c1-55(2,3)35-24-25-46(39(28-35)34-18-10-9-11-19-34)61-47-32-41-38-21-13-15-23-49(38)63-50(41)33-40(47)42-31-43-37-20-12-14-22-48(37)62-54(43)53-51(42)59(61)45-30-36(56(4,5)6)29-44-52(45)60(53)58(8)27-17-16-26-57(44,58)7/h9-15,18-25,28-33H,16-17,26-27H2,1-8H3. The molecule has 0 radical (unpaired) electrons. The maximum atomic E-state index is 7.26. The number of furan rings is 1. The van der Waals surface area contributed by atoms with Crippen molar-refractivity contribution in [3.8, 4) is 22.3 Å². The average Bonchev–Trinajstić information content (AvgIpc) is 3.90. The Hall–Kier alpha value is -5.78. The third-order valence-corrected chi connectivity index (χ3v) is 17.2. The summed E-state index contributed by atoms with van der Waals surface area (Å²) in [5.41, 5.74) is 19.1. The van der Waals surface area contributed by atoms with E-state index in [1.54, 1.807) is 0 Å². The molecule has 3 nitrogen and oxygen atoms in total. The summed E-state index contributed by atoms with van der Waals surface area (Å²) in [5, 5.41) is 5.04. The molecule has 0 saturated heterocycles. The summed E-state index contributed by atoms with van der Waals surface area (Å²) < 4.78 is 9.91. The zero-order valence-electron chi connectivity index (χ0n) is 37.7. The van der Waals surface area contributed by atoms with E-state index in [-0.39, 0.29) is 28.6 Å². The van der Waals surface area contributed by atoms with E-state index in [2.05, 4.69) is 192 Å². The lowest BCUT2D eigenvalue weighted by atomic mass is 9.43. The van der Waals surface area contributed by atoms with E-state index < -0.39 is 0 Å². The fraction of sp³-hybridized carbons (Fsp3) is 0.276. The predicted octanol–water partition coefficient (Wildman–Crippen LogP) is 15.2. The van der Waals surface area contributed by atoms with Gasteiger partial charge in [-0.15, -0.1) is 11.3 Å². The molecule has 5 heterocycles. The Bertz CT molecular complexity index is 3440. The molecule has 4 aliphatic rings. The van der Waals surface area contributed by atoms with Gasteiger partial charge in [-0.1, -0.05) is 146 Å². The lowest BCUT2D eigenvalue weighted by molar-refractivity contribution is 0.195. The van der Waals surface area contributed by atoms with E-state index in [0.717, 1.165) is 17.6 Å². The first-order chi connectivity index (χ1) is 30.2. The normalized spacial score (nSPS) is 20.2. The van der Waals surface area contributed by atoms with Gasteiger partial charge in [-0.3, -0.25) is 0 Å². The quantitative estimate of drug-likeness (QED) is 0.162. The second-order valence-electron chi connectivity index (χ2n) is 21.6. The second-order valence-corrected chi connectivity index (χ2v) is 22.7. The number of para-hydroxylation sites is 1. The highest BCUT2D eigenvalue weighted by Gasteiger charge is 2.62. The van der Waals surface area contributed by atoms with Crippen LogP contribution in [0.25, 0.3) is 64.4 Å². The SMILES string of the molecule is CC(C)(C)c1ccc(N2B3c4cc(C(C)(C)C)cc5c4N(c4c3c(cc3c4oc4ccccc43)-c3cc4sc6ccccc6c4cc32)C2(C)CCCCC52C)c(-c2ccccc2)c1. The second kappa shape index (κ2) is 12.5. The van der Waals surface area contributed by atoms with Gasteiger partial charge >= 0.3 is 6.85 Å². The van der Waals surface area contributed by atoms with Gasteiger partial charge in [0.2, 0.25) is 0 Å². The van der Waals surface area contributed by atoms with Gasteiger partial charge in [0, 0.05) is 64.5 Å². The van der Waals surface area contributed by atoms with Crippen LogP contribution in [0.1, 0.15) is 97.8 Å². The zero-order chi connectivity index (χ0) is 42.9. The van der Waals surface area contributed by atoms with Crippen molar-refractivity contribution in [2.24, 2.45) is 0 Å². The third kappa shape index (κ3) is 4.92. The maximum absolute atomic E-state index is 7.26. The molecule has 2 aromatic heterocycles. The van der Waals surface area contributed by atoms with Crippen LogP contribution in [0.2, 0.25) is 0 Å². The van der Waals surface area contributed by atoms with Crippen LogP contribution in [0.15, 0.2) is 132 Å². The molecule has 2 unspecified atom stereocenters. The molecule has 0 N–H and O–H groups in total. The smallest absolute Gasteiger partial charge is 0.333 e. The van der Waals surface area contributed by atoms with Gasteiger partial charge in [-0.05, 0) is 112 Å². The molecular weight excluding hydrogens is 784 g/mol. The minimum atomic E-state index is -0.144. The predicted molar refractivity (Wildman–Crippen MR) is 271 cm³/mol. The van der Waals surface area contributed by atoms with Crippen LogP contribution in [0, 0.1) is 0 Å². The number of rotatable bonds is 2. The summed E-state index contributed by atoms with van der Waals surface area (Å²) >= 11 is 1.92. The number of thiophene rings is 1. The molecule has 2 atom stereocenters. The first-order valence-electron chi connectivity index (χ1n) is 23.2. The fourth-order valence-corrected chi connectivity index (χ4v) is 13.6. The van der Waals surface area contributed by atoms with Gasteiger partial charge in [0.1, 0.15) is 5.58 Å². The Morgan fingerprint density at radius 3 is 2.11 bits per heavy atom. The van der Waals surface area contributed by atoms with Crippen LogP contribution in [-0.4, -0.2) is 12.4 Å². The molecule has 1 fully saturated rings. The molecule has 310 valence electrons. The molecule has 3 aliphatic heterocycles. The average molecular weight is 837 g/mol. The molecule has 0 spiro atoms. The Morgan fingerprint density at radius 2 is 1.32 bits per heavy atom. The van der Waals surface area contributed by atoms with E-state index in [1.807, 2.05) is 11.3 Å². The molecule has 9 aromatic rings. The number of nitrogens with zero attached hydrogens (tertiary/aromatic N) is 2. The molecular formula is C58H53BN2OS. The van der Waals surface area contributed by atoms with Crippen LogP contribution >= 0.6 is 11.3 Å². The van der Waals surface area contributed by atoms with Crippen molar-refractivity contribution in [1.82, 2.24) is 0 Å². The van der Waals surface area contributed by atoms with Crippen molar-refractivity contribution in [2.45, 2.75) is 103 Å². The first-order valence-corrected chi connectivity index (χ1v) is 24.0.